The van der Waals surface area contributed by atoms with Gasteiger partial charge in [0.15, 0.2) is 0 Å². The molecule has 2 rings (SSSR count). The predicted molar refractivity (Wildman–Crippen MR) is 93.4 cm³/mol. The van der Waals surface area contributed by atoms with Crippen molar-refractivity contribution in [3.8, 4) is 0 Å². The maximum absolute atomic E-state index is 2.71. The van der Waals surface area contributed by atoms with Crippen LogP contribution in [-0.4, -0.2) is 29.8 Å². The second-order valence-corrected chi connectivity index (χ2v) is 9.22. The fraction of sp³-hybridized carbons (Fsp3) is 0.765. The molecule has 3 heteroatoms. The summed E-state index contributed by atoms with van der Waals surface area (Å²) >= 11 is 4.12. The zero-order chi connectivity index (χ0) is 14.8. The van der Waals surface area contributed by atoms with E-state index in [1.807, 2.05) is 11.3 Å². The number of nitrogens with zero attached hydrogens (tertiary/aromatic N) is 1. The Hall–Kier alpha value is 0.0100. The van der Waals surface area contributed by atoms with E-state index >= 15 is 0 Å². The normalized spacial score (nSPS) is 19.4. The Kier molecular flexibility index (Phi) is 5.61. The van der Waals surface area contributed by atoms with Gasteiger partial charge in [-0.05, 0) is 49.4 Å². The van der Waals surface area contributed by atoms with Gasteiger partial charge in [-0.3, -0.25) is 4.90 Å². The molecular weight excluding hydrogens is 282 g/mol. The average molecular weight is 312 g/mol. The molecule has 0 radical (unpaired) electrons. The van der Waals surface area contributed by atoms with Crippen LogP contribution in [0.2, 0.25) is 0 Å². The number of thiophene rings is 1. The van der Waals surface area contributed by atoms with E-state index in [1.165, 1.54) is 38.1 Å². The number of rotatable bonds is 5. The lowest BCUT2D eigenvalue weighted by Gasteiger charge is -2.33. The van der Waals surface area contributed by atoms with Crippen LogP contribution >= 0.6 is 23.1 Å². The third-order valence-electron chi connectivity index (χ3n) is 3.91. The number of thioether (sulfide) groups is 1. The highest BCUT2D eigenvalue weighted by molar-refractivity contribution is 8.01. The molecule has 1 nitrogen and oxygen atoms in total. The van der Waals surface area contributed by atoms with Crippen molar-refractivity contribution in [3.05, 3.63) is 16.5 Å². The van der Waals surface area contributed by atoms with Crippen molar-refractivity contribution in [2.75, 3.05) is 18.8 Å². The first-order valence-electron chi connectivity index (χ1n) is 7.95. The molecule has 0 fully saturated rings. The quantitative estimate of drug-likeness (QED) is 0.736. The summed E-state index contributed by atoms with van der Waals surface area (Å²) in [5.41, 5.74) is 1.91. The van der Waals surface area contributed by atoms with Gasteiger partial charge < -0.3 is 0 Å². The van der Waals surface area contributed by atoms with Gasteiger partial charge in [0, 0.05) is 16.7 Å². The standard InChI is InChI=1S/C17H29NS2/c1-6-8-18(9-7-2)14-10-13-11-15(17(3,4)5)20-16(13)19-12-14/h11,14H,6-10,12H2,1-5H3. The van der Waals surface area contributed by atoms with Crippen molar-refractivity contribution in [1.29, 1.82) is 0 Å². The Bertz CT molecular complexity index is 425. The van der Waals surface area contributed by atoms with Gasteiger partial charge in [0.1, 0.15) is 0 Å². The SMILES string of the molecule is CCCN(CCC)C1CSc2sc(C(C)(C)C)cc2C1. The molecular formula is C17H29NS2. The molecule has 1 aromatic heterocycles. The molecule has 0 aliphatic carbocycles. The summed E-state index contributed by atoms with van der Waals surface area (Å²) in [5.74, 6) is 1.27. The maximum atomic E-state index is 2.71. The molecule has 1 aromatic rings. The lowest BCUT2D eigenvalue weighted by molar-refractivity contribution is 0.209. The molecule has 0 amide bonds. The summed E-state index contributed by atoms with van der Waals surface area (Å²) in [6.07, 6.45) is 3.80. The Morgan fingerprint density at radius 2 is 1.85 bits per heavy atom. The van der Waals surface area contributed by atoms with Crippen molar-refractivity contribution >= 4 is 23.1 Å². The minimum atomic E-state index is 0.296. The lowest BCUT2D eigenvalue weighted by Crippen LogP contribution is -2.41. The van der Waals surface area contributed by atoms with Crippen LogP contribution in [-0.2, 0) is 11.8 Å². The molecule has 1 aliphatic heterocycles. The molecule has 1 aliphatic rings. The first-order valence-corrected chi connectivity index (χ1v) is 9.76. The van der Waals surface area contributed by atoms with Gasteiger partial charge in [-0.25, -0.2) is 0 Å². The zero-order valence-electron chi connectivity index (χ0n) is 13.7. The van der Waals surface area contributed by atoms with Crippen molar-refractivity contribution in [2.45, 2.75) is 69.5 Å². The monoisotopic (exact) mass is 311 g/mol. The molecule has 0 N–H and O–H groups in total. The van der Waals surface area contributed by atoms with E-state index in [0.717, 1.165) is 6.04 Å². The van der Waals surface area contributed by atoms with Crippen molar-refractivity contribution in [1.82, 2.24) is 4.90 Å². The predicted octanol–water partition coefficient (Wildman–Crippen LogP) is 5.18. The summed E-state index contributed by atoms with van der Waals surface area (Å²) in [4.78, 5) is 4.26. The largest absolute Gasteiger partial charge is 0.299 e. The maximum Gasteiger partial charge on any atom is 0.0634 e. The Balaban J connectivity index is 2.11. The van der Waals surface area contributed by atoms with Crippen LogP contribution in [0, 0.1) is 0 Å². The van der Waals surface area contributed by atoms with Crippen LogP contribution in [0.15, 0.2) is 10.3 Å². The smallest absolute Gasteiger partial charge is 0.0634 e. The summed E-state index contributed by atoms with van der Waals surface area (Å²) in [6, 6.07) is 3.23. The third kappa shape index (κ3) is 3.80. The molecule has 114 valence electrons. The van der Waals surface area contributed by atoms with Crippen molar-refractivity contribution in [3.63, 3.8) is 0 Å². The van der Waals surface area contributed by atoms with E-state index in [2.05, 4.69) is 57.3 Å². The van der Waals surface area contributed by atoms with Gasteiger partial charge in [0.2, 0.25) is 0 Å². The van der Waals surface area contributed by atoms with Crippen molar-refractivity contribution < 1.29 is 0 Å². The lowest BCUT2D eigenvalue weighted by atomic mass is 9.93. The van der Waals surface area contributed by atoms with Gasteiger partial charge in [0.25, 0.3) is 0 Å². The number of hydrogen-bond acceptors (Lipinski definition) is 3. The van der Waals surface area contributed by atoms with Crippen LogP contribution in [0.25, 0.3) is 0 Å². The molecule has 0 bridgehead atoms. The zero-order valence-corrected chi connectivity index (χ0v) is 15.3. The average Bonchev–Trinajstić information content (AvgIpc) is 2.81. The second-order valence-electron chi connectivity index (χ2n) is 6.88. The van der Waals surface area contributed by atoms with Crippen LogP contribution in [0.3, 0.4) is 0 Å². The van der Waals surface area contributed by atoms with E-state index in [1.54, 1.807) is 14.6 Å². The van der Waals surface area contributed by atoms with Gasteiger partial charge in [0.05, 0.1) is 4.21 Å². The minimum Gasteiger partial charge on any atom is -0.299 e. The van der Waals surface area contributed by atoms with Crippen LogP contribution in [0.4, 0.5) is 0 Å². The van der Waals surface area contributed by atoms with Gasteiger partial charge in [-0.1, -0.05) is 34.6 Å². The van der Waals surface area contributed by atoms with E-state index < -0.39 is 0 Å². The van der Waals surface area contributed by atoms with Gasteiger partial charge in [-0.2, -0.15) is 0 Å². The first-order chi connectivity index (χ1) is 9.45. The van der Waals surface area contributed by atoms with Crippen LogP contribution in [0.5, 0.6) is 0 Å². The van der Waals surface area contributed by atoms with Crippen LogP contribution < -0.4 is 0 Å². The molecule has 0 aromatic carbocycles. The highest BCUT2D eigenvalue weighted by Crippen LogP contribution is 2.42. The fourth-order valence-electron chi connectivity index (χ4n) is 2.82. The molecule has 1 atom stereocenters. The number of fused-ring (bicyclic) bond motifs is 1. The van der Waals surface area contributed by atoms with E-state index in [4.69, 9.17) is 0 Å². The van der Waals surface area contributed by atoms with E-state index in [-0.39, 0.29) is 0 Å². The molecule has 0 saturated heterocycles. The molecule has 0 spiro atoms. The molecule has 2 heterocycles. The molecule has 1 unspecified atom stereocenters. The van der Waals surface area contributed by atoms with Crippen molar-refractivity contribution in [2.24, 2.45) is 0 Å². The number of hydrogen-bond donors (Lipinski definition) is 0. The topological polar surface area (TPSA) is 3.24 Å². The first kappa shape index (κ1) is 16.4. The summed E-state index contributed by atoms with van der Waals surface area (Å²) in [7, 11) is 0. The van der Waals surface area contributed by atoms with Gasteiger partial charge in [-0.15, -0.1) is 23.1 Å². The highest BCUT2D eigenvalue weighted by Gasteiger charge is 2.28. The highest BCUT2D eigenvalue weighted by atomic mass is 32.2. The Labute approximate surface area is 133 Å². The Morgan fingerprint density at radius 3 is 2.40 bits per heavy atom. The summed E-state index contributed by atoms with van der Waals surface area (Å²) in [6.45, 7) is 14.1. The fourth-order valence-corrected chi connectivity index (χ4v) is 5.51. The molecule has 0 saturated carbocycles. The third-order valence-corrected chi connectivity index (χ3v) is 6.99. The summed E-state index contributed by atoms with van der Waals surface area (Å²) in [5, 5.41) is 0. The second kappa shape index (κ2) is 6.85. The molecule has 20 heavy (non-hydrogen) atoms. The van der Waals surface area contributed by atoms with Crippen LogP contribution in [0.1, 0.15) is 57.9 Å². The van der Waals surface area contributed by atoms with E-state index in [9.17, 15) is 0 Å². The van der Waals surface area contributed by atoms with E-state index in [0.29, 0.717) is 5.41 Å². The minimum absolute atomic E-state index is 0.296. The van der Waals surface area contributed by atoms with Gasteiger partial charge >= 0.3 is 0 Å². The summed E-state index contributed by atoms with van der Waals surface area (Å²) < 4.78 is 1.58. The Morgan fingerprint density at radius 1 is 1.20 bits per heavy atom.